The first-order chi connectivity index (χ1) is 14.1. The van der Waals surface area contributed by atoms with Crippen molar-refractivity contribution < 1.29 is 9.59 Å². The second-order valence-electron chi connectivity index (χ2n) is 7.64. The number of carbonyl (C=O) groups is 2. The van der Waals surface area contributed by atoms with E-state index in [9.17, 15) is 9.59 Å². The molecule has 2 aromatic rings. The summed E-state index contributed by atoms with van der Waals surface area (Å²) >= 11 is 0. The molecule has 2 N–H and O–H groups in total. The fraction of sp³-hybridized carbons (Fsp3) is 0.435. The number of benzene rings is 1. The van der Waals surface area contributed by atoms with E-state index < -0.39 is 0 Å². The molecule has 1 aromatic heterocycles. The van der Waals surface area contributed by atoms with Gasteiger partial charge in [-0.2, -0.15) is 0 Å². The van der Waals surface area contributed by atoms with Crippen molar-refractivity contribution in [2.45, 2.75) is 26.2 Å². The van der Waals surface area contributed by atoms with Crippen LogP contribution in [0.25, 0.3) is 11.1 Å². The molecule has 0 saturated carbocycles. The highest BCUT2D eigenvalue weighted by Gasteiger charge is 2.30. The lowest BCUT2D eigenvalue weighted by Gasteiger charge is -2.24. The summed E-state index contributed by atoms with van der Waals surface area (Å²) < 4.78 is 0. The van der Waals surface area contributed by atoms with Crippen LogP contribution in [0.5, 0.6) is 0 Å². The molecule has 0 spiro atoms. The minimum absolute atomic E-state index is 0.144. The van der Waals surface area contributed by atoms with Crippen molar-refractivity contribution in [2.75, 3.05) is 32.7 Å². The molecule has 0 unspecified atom stereocenters. The second-order valence-corrected chi connectivity index (χ2v) is 7.64. The SMILES string of the molecule is CCCN1CCN(CCC(N)=O)C[C@@H](Cc2ccccc2-c2cccnc2)C1=O. The second kappa shape index (κ2) is 10.2. The standard InChI is InChI=1S/C23H30N4O2/c1-2-11-27-14-13-26(12-9-22(24)28)17-20(23(27)29)15-18-6-3-4-8-21(18)19-7-5-10-25-16-19/h3-8,10,16,20H,2,9,11-15,17H2,1H3,(H2,24,28)/t20-/m1/s1. The number of carbonyl (C=O) groups excluding carboxylic acids is 2. The van der Waals surface area contributed by atoms with Gasteiger partial charge in [0.05, 0.1) is 5.92 Å². The molecule has 6 nitrogen and oxygen atoms in total. The van der Waals surface area contributed by atoms with E-state index in [-0.39, 0.29) is 17.7 Å². The lowest BCUT2D eigenvalue weighted by atomic mass is 9.91. The van der Waals surface area contributed by atoms with Crippen LogP contribution in [-0.4, -0.2) is 59.3 Å². The van der Waals surface area contributed by atoms with Crippen molar-refractivity contribution in [1.29, 1.82) is 0 Å². The van der Waals surface area contributed by atoms with Gasteiger partial charge in [0.25, 0.3) is 0 Å². The molecule has 2 amide bonds. The smallest absolute Gasteiger partial charge is 0.227 e. The fourth-order valence-electron chi connectivity index (χ4n) is 3.99. The molecule has 1 aromatic carbocycles. The zero-order valence-corrected chi connectivity index (χ0v) is 17.1. The minimum atomic E-state index is -0.301. The average molecular weight is 395 g/mol. The zero-order valence-electron chi connectivity index (χ0n) is 17.1. The van der Waals surface area contributed by atoms with Crippen molar-refractivity contribution in [2.24, 2.45) is 11.7 Å². The highest BCUT2D eigenvalue weighted by molar-refractivity contribution is 5.80. The van der Waals surface area contributed by atoms with Gasteiger partial charge < -0.3 is 15.5 Å². The Balaban J connectivity index is 1.84. The molecular formula is C23H30N4O2. The molecule has 154 valence electrons. The number of hydrogen-bond acceptors (Lipinski definition) is 4. The number of aromatic nitrogens is 1. The molecule has 1 atom stereocenters. The molecule has 0 bridgehead atoms. The van der Waals surface area contributed by atoms with Crippen molar-refractivity contribution in [3.05, 3.63) is 54.4 Å². The van der Waals surface area contributed by atoms with E-state index in [0.717, 1.165) is 36.2 Å². The summed E-state index contributed by atoms with van der Waals surface area (Å²) in [5.74, 6) is -0.242. The summed E-state index contributed by atoms with van der Waals surface area (Å²) in [6.07, 6.45) is 5.54. The molecule has 2 heterocycles. The van der Waals surface area contributed by atoms with Crippen LogP contribution in [0.15, 0.2) is 48.8 Å². The van der Waals surface area contributed by atoms with Gasteiger partial charge in [-0.1, -0.05) is 37.3 Å². The molecule has 0 radical (unpaired) electrons. The molecule has 1 aliphatic heterocycles. The Bertz CT molecular complexity index is 825. The Morgan fingerprint density at radius 3 is 2.72 bits per heavy atom. The Morgan fingerprint density at radius 1 is 1.17 bits per heavy atom. The molecule has 29 heavy (non-hydrogen) atoms. The number of nitrogens with zero attached hydrogens (tertiary/aromatic N) is 3. The third-order valence-electron chi connectivity index (χ3n) is 5.45. The summed E-state index contributed by atoms with van der Waals surface area (Å²) in [6, 6.07) is 12.2. The van der Waals surface area contributed by atoms with Gasteiger partial charge in [0.2, 0.25) is 11.8 Å². The largest absolute Gasteiger partial charge is 0.370 e. The summed E-state index contributed by atoms with van der Waals surface area (Å²) in [5, 5.41) is 0. The Hall–Kier alpha value is -2.73. The summed E-state index contributed by atoms with van der Waals surface area (Å²) in [5.41, 5.74) is 8.66. The number of amides is 2. The Morgan fingerprint density at radius 2 is 2.00 bits per heavy atom. The molecule has 0 aliphatic carbocycles. The van der Waals surface area contributed by atoms with E-state index in [0.29, 0.717) is 32.5 Å². The number of hydrogen-bond donors (Lipinski definition) is 1. The highest BCUT2D eigenvalue weighted by Crippen LogP contribution is 2.26. The number of rotatable bonds is 8. The summed E-state index contributed by atoms with van der Waals surface area (Å²) in [4.78, 5) is 32.9. The topological polar surface area (TPSA) is 79.5 Å². The first-order valence-electron chi connectivity index (χ1n) is 10.4. The molecule has 1 saturated heterocycles. The van der Waals surface area contributed by atoms with E-state index in [1.807, 2.05) is 35.4 Å². The average Bonchev–Trinajstić information content (AvgIpc) is 2.87. The zero-order chi connectivity index (χ0) is 20.6. The third-order valence-corrected chi connectivity index (χ3v) is 5.45. The molecule has 1 aliphatic rings. The van der Waals surface area contributed by atoms with Gasteiger partial charge >= 0.3 is 0 Å². The van der Waals surface area contributed by atoms with Crippen LogP contribution in [0.1, 0.15) is 25.3 Å². The number of pyridine rings is 1. The lowest BCUT2D eigenvalue weighted by Crippen LogP contribution is -2.38. The van der Waals surface area contributed by atoms with E-state index in [1.54, 1.807) is 6.20 Å². The van der Waals surface area contributed by atoms with Crippen molar-refractivity contribution in [3.63, 3.8) is 0 Å². The van der Waals surface area contributed by atoms with Crippen LogP contribution in [0.3, 0.4) is 0 Å². The fourth-order valence-corrected chi connectivity index (χ4v) is 3.99. The maximum atomic E-state index is 13.3. The van der Waals surface area contributed by atoms with Gasteiger partial charge in [-0.3, -0.25) is 14.6 Å². The van der Waals surface area contributed by atoms with Gasteiger partial charge in [-0.15, -0.1) is 0 Å². The third kappa shape index (κ3) is 5.64. The van der Waals surface area contributed by atoms with Gasteiger partial charge in [0.1, 0.15) is 0 Å². The van der Waals surface area contributed by atoms with E-state index in [4.69, 9.17) is 5.73 Å². The molecule has 1 fully saturated rings. The van der Waals surface area contributed by atoms with Crippen LogP contribution in [0.2, 0.25) is 0 Å². The van der Waals surface area contributed by atoms with Crippen LogP contribution >= 0.6 is 0 Å². The maximum Gasteiger partial charge on any atom is 0.227 e. The van der Waals surface area contributed by atoms with E-state index >= 15 is 0 Å². The number of primary amides is 1. The van der Waals surface area contributed by atoms with Gasteiger partial charge in [0.15, 0.2) is 0 Å². The van der Waals surface area contributed by atoms with Crippen molar-refractivity contribution >= 4 is 11.8 Å². The summed E-state index contributed by atoms with van der Waals surface area (Å²) in [7, 11) is 0. The van der Waals surface area contributed by atoms with E-state index in [1.165, 1.54) is 0 Å². The predicted molar refractivity (Wildman–Crippen MR) is 114 cm³/mol. The van der Waals surface area contributed by atoms with Gasteiger partial charge in [-0.05, 0) is 30.0 Å². The minimum Gasteiger partial charge on any atom is -0.370 e. The normalized spacial score (nSPS) is 17.9. The highest BCUT2D eigenvalue weighted by atomic mass is 16.2. The van der Waals surface area contributed by atoms with Gasteiger partial charge in [-0.25, -0.2) is 0 Å². The van der Waals surface area contributed by atoms with E-state index in [2.05, 4.69) is 28.9 Å². The molecule has 6 heteroatoms. The quantitative estimate of drug-likeness (QED) is 0.745. The maximum absolute atomic E-state index is 13.3. The first kappa shape index (κ1) is 21.0. The first-order valence-corrected chi connectivity index (χ1v) is 10.4. The summed E-state index contributed by atoms with van der Waals surface area (Å²) in [6.45, 7) is 5.59. The van der Waals surface area contributed by atoms with Crippen LogP contribution in [0, 0.1) is 5.92 Å². The Labute approximate surface area is 172 Å². The Kier molecular flexibility index (Phi) is 7.36. The molecule has 3 rings (SSSR count). The van der Waals surface area contributed by atoms with Crippen LogP contribution in [0.4, 0.5) is 0 Å². The van der Waals surface area contributed by atoms with Crippen LogP contribution in [-0.2, 0) is 16.0 Å². The number of nitrogens with two attached hydrogens (primary N) is 1. The van der Waals surface area contributed by atoms with Gasteiger partial charge in [0, 0.05) is 57.1 Å². The predicted octanol–water partition coefficient (Wildman–Crippen LogP) is 2.34. The van der Waals surface area contributed by atoms with Crippen LogP contribution < -0.4 is 5.73 Å². The molecular weight excluding hydrogens is 364 g/mol. The lowest BCUT2D eigenvalue weighted by molar-refractivity contribution is -0.134. The van der Waals surface area contributed by atoms with Crippen molar-refractivity contribution in [3.8, 4) is 11.1 Å². The monoisotopic (exact) mass is 394 g/mol. The van der Waals surface area contributed by atoms with Crippen molar-refractivity contribution in [1.82, 2.24) is 14.8 Å².